The molecule has 2 aromatic heterocycles. The largest absolute Gasteiger partial charge is 0.456 e. The lowest BCUT2D eigenvalue weighted by molar-refractivity contribution is 0.669. The maximum atomic E-state index is 9.31. The number of para-hydroxylation sites is 1. The molecule has 0 saturated carbocycles. The van der Waals surface area contributed by atoms with Crippen LogP contribution in [0, 0.1) is 0 Å². The Morgan fingerprint density at radius 2 is 0.980 bits per heavy atom. The normalized spacial score (nSPS) is 12.6. The van der Waals surface area contributed by atoms with Crippen LogP contribution in [0.25, 0.3) is 99.9 Å². The topological polar surface area (TPSA) is 51.8 Å². The highest BCUT2D eigenvalue weighted by Gasteiger charge is 2.16. The van der Waals surface area contributed by atoms with Gasteiger partial charge in [0, 0.05) is 27.5 Å². The van der Waals surface area contributed by atoms with Crippen molar-refractivity contribution in [2.24, 2.45) is 0 Å². The molecule has 10 rings (SSSR count). The summed E-state index contributed by atoms with van der Waals surface area (Å²) in [6, 6.07) is 48.8. The Morgan fingerprint density at radius 3 is 1.86 bits per heavy atom. The SMILES string of the molecule is [2H]c1c([2H])c(-c2nc(-c3ccc4ccccc4c3)nc(-c3cccc4ccc(-c5ccccc5)cc34)n2)c([2H])c([2H])c1-c1ccc2c(c1)oc1ccccc12. The molecule has 51 heavy (non-hydrogen) atoms. The van der Waals surface area contributed by atoms with E-state index in [9.17, 15) is 5.48 Å². The van der Waals surface area contributed by atoms with Crippen LogP contribution in [0.5, 0.6) is 0 Å². The summed E-state index contributed by atoms with van der Waals surface area (Å²) in [6.07, 6.45) is 0. The molecule has 0 spiro atoms. The number of fused-ring (bicyclic) bond motifs is 5. The van der Waals surface area contributed by atoms with Crippen LogP contribution in [0.4, 0.5) is 0 Å². The summed E-state index contributed by atoms with van der Waals surface area (Å²) in [4.78, 5) is 14.8. The highest BCUT2D eigenvalue weighted by molar-refractivity contribution is 6.06. The van der Waals surface area contributed by atoms with E-state index in [1.165, 1.54) is 0 Å². The fraction of sp³-hybridized carbons (Fsp3) is 0. The van der Waals surface area contributed by atoms with Crippen LogP contribution < -0.4 is 0 Å². The molecule has 0 aliphatic heterocycles. The predicted molar refractivity (Wildman–Crippen MR) is 209 cm³/mol. The Kier molecular flexibility index (Phi) is 5.86. The average Bonchev–Trinajstić information content (AvgIpc) is 3.61. The fourth-order valence-electron chi connectivity index (χ4n) is 6.79. The van der Waals surface area contributed by atoms with Crippen LogP contribution >= 0.6 is 0 Å². The van der Waals surface area contributed by atoms with E-state index < -0.39 is 0 Å². The van der Waals surface area contributed by atoms with Gasteiger partial charge in [-0.2, -0.15) is 0 Å². The Balaban J connectivity index is 1.18. The first-order chi connectivity index (χ1) is 26.9. The number of nitrogens with zero attached hydrogens (tertiary/aromatic N) is 3. The second-order valence-corrected chi connectivity index (χ2v) is 12.5. The number of hydrogen-bond acceptors (Lipinski definition) is 4. The maximum Gasteiger partial charge on any atom is 0.164 e. The molecule has 4 nitrogen and oxygen atoms in total. The van der Waals surface area contributed by atoms with Crippen molar-refractivity contribution in [3.8, 4) is 56.4 Å². The predicted octanol–water partition coefficient (Wildman–Crippen LogP) is 12.4. The number of rotatable bonds is 5. The zero-order valence-corrected chi connectivity index (χ0v) is 27.2. The number of aromatic nitrogens is 3. The van der Waals surface area contributed by atoms with Gasteiger partial charge in [-0.05, 0) is 74.1 Å². The molecule has 8 aromatic carbocycles. The fourth-order valence-corrected chi connectivity index (χ4v) is 6.79. The molecular formula is C47H29N3O. The third-order valence-corrected chi connectivity index (χ3v) is 9.39. The third kappa shape index (κ3) is 5.22. The molecule has 0 saturated heterocycles. The van der Waals surface area contributed by atoms with Gasteiger partial charge in [-0.3, -0.25) is 0 Å². The van der Waals surface area contributed by atoms with Gasteiger partial charge in [0.25, 0.3) is 0 Å². The molecule has 0 atom stereocenters. The molecule has 4 heteroatoms. The van der Waals surface area contributed by atoms with E-state index in [-0.39, 0.29) is 41.1 Å². The summed E-state index contributed by atoms with van der Waals surface area (Å²) in [5, 5.41) is 5.89. The molecule has 0 bridgehead atoms. The van der Waals surface area contributed by atoms with Gasteiger partial charge in [0.2, 0.25) is 0 Å². The monoisotopic (exact) mass is 655 g/mol. The summed E-state index contributed by atoms with van der Waals surface area (Å²) < 4.78 is 43.2. The Bertz CT molecular complexity index is 3130. The molecule has 0 N–H and O–H groups in total. The van der Waals surface area contributed by atoms with Crippen LogP contribution in [-0.4, -0.2) is 15.0 Å². The maximum absolute atomic E-state index is 9.31. The summed E-state index contributed by atoms with van der Waals surface area (Å²) in [7, 11) is 0. The molecular weight excluding hydrogens is 623 g/mol. The summed E-state index contributed by atoms with van der Waals surface area (Å²) in [5.41, 5.74) is 5.65. The number of hydrogen-bond donors (Lipinski definition) is 0. The van der Waals surface area contributed by atoms with Crippen LogP contribution in [0.2, 0.25) is 0 Å². The first-order valence-electron chi connectivity index (χ1n) is 18.8. The summed E-state index contributed by atoms with van der Waals surface area (Å²) in [5.74, 6) is 0.777. The van der Waals surface area contributed by atoms with Crippen LogP contribution in [0.1, 0.15) is 5.48 Å². The van der Waals surface area contributed by atoms with Gasteiger partial charge in [-0.15, -0.1) is 0 Å². The van der Waals surface area contributed by atoms with Crippen LogP contribution in [-0.2, 0) is 0 Å². The first kappa shape index (κ1) is 25.1. The first-order valence-corrected chi connectivity index (χ1v) is 16.8. The highest BCUT2D eigenvalue weighted by atomic mass is 16.3. The Morgan fingerprint density at radius 1 is 0.353 bits per heavy atom. The standard InChI is InChI=1S/C47H29N3O/c1-2-9-30(10-3-1)36-23-20-33-13-8-15-41(42(33)28-36)47-49-45(48-46(50-47)38-24-19-31-11-4-5-12-35(31)27-38)34-21-17-32(18-22-34)37-25-26-40-39-14-6-7-16-43(39)51-44(40)29-37/h1-29H/i17D,18D,21D,22D. The van der Waals surface area contributed by atoms with E-state index in [4.69, 9.17) is 19.4 Å². The van der Waals surface area contributed by atoms with Crippen LogP contribution in [0.15, 0.2) is 180 Å². The van der Waals surface area contributed by atoms with Crippen molar-refractivity contribution < 1.29 is 9.90 Å². The quantitative estimate of drug-likeness (QED) is 0.185. The lowest BCUT2D eigenvalue weighted by Gasteiger charge is -2.12. The summed E-state index contributed by atoms with van der Waals surface area (Å²) in [6.45, 7) is 0. The van der Waals surface area contributed by atoms with E-state index in [1.807, 2.05) is 115 Å². The van der Waals surface area contributed by atoms with Gasteiger partial charge in [-0.1, -0.05) is 145 Å². The minimum atomic E-state index is -0.244. The van der Waals surface area contributed by atoms with Gasteiger partial charge in [-0.25, -0.2) is 15.0 Å². The van der Waals surface area contributed by atoms with E-state index in [0.717, 1.165) is 60.2 Å². The van der Waals surface area contributed by atoms with Gasteiger partial charge in [0.05, 0.1) is 5.48 Å². The molecule has 0 unspecified atom stereocenters. The van der Waals surface area contributed by atoms with Crippen molar-refractivity contribution in [2.45, 2.75) is 0 Å². The van der Waals surface area contributed by atoms with Gasteiger partial charge in [0.1, 0.15) is 11.2 Å². The van der Waals surface area contributed by atoms with Crippen LogP contribution in [0.3, 0.4) is 0 Å². The third-order valence-electron chi connectivity index (χ3n) is 9.39. The number of furan rings is 1. The van der Waals surface area contributed by atoms with Gasteiger partial charge < -0.3 is 4.42 Å². The van der Waals surface area contributed by atoms with E-state index in [0.29, 0.717) is 22.8 Å². The number of benzene rings is 8. The van der Waals surface area contributed by atoms with Gasteiger partial charge in [0.15, 0.2) is 17.5 Å². The van der Waals surface area contributed by atoms with Crippen molar-refractivity contribution in [1.82, 2.24) is 15.0 Å². The van der Waals surface area contributed by atoms with Crippen molar-refractivity contribution >= 4 is 43.5 Å². The van der Waals surface area contributed by atoms with Gasteiger partial charge >= 0.3 is 0 Å². The minimum Gasteiger partial charge on any atom is -0.456 e. The van der Waals surface area contributed by atoms with Crippen molar-refractivity contribution in [3.05, 3.63) is 176 Å². The molecule has 0 aliphatic carbocycles. The second kappa shape index (κ2) is 11.9. The van der Waals surface area contributed by atoms with Crippen molar-refractivity contribution in [2.75, 3.05) is 0 Å². The lowest BCUT2D eigenvalue weighted by atomic mass is 9.98. The zero-order valence-electron chi connectivity index (χ0n) is 31.2. The van der Waals surface area contributed by atoms with Crippen molar-refractivity contribution in [3.63, 3.8) is 0 Å². The molecule has 2 heterocycles. The van der Waals surface area contributed by atoms with Crippen molar-refractivity contribution in [1.29, 1.82) is 0 Å². The molecule has 0 amide bonds. The smallest absolute Gasteiger partial charge is 0.164 e. The highest BCUT2D eigenvalue weighted by Crippen LogP contribution is 2.35. The van der Waals surface area contributed by atoms with E-state index in [2.05, 4.69) is 30.3 Å². The zero-order chi connectivity index (χ0) is 37.2. The lowest BCUT2D eigenvalue weighted by Crippen LogP contribution is -2.00. The second-order valence-electron chi connectivity index (χ2n) is 12.5. The Hall–Kier alpha value is -6.91. The summed E-state index contributed by atoms with van der Waals surface area (Å²) >= 11 is 0. The van der Waals surface area contributed by atoms with E-state index >= 15 is 0 Å². The molecule has 10 aromatic rings. The minimum absolute atomic E-state index is 0.000495. The molecule has 0 radical (unpaired) electrons. The average molecular weight is 656 g/mol. The Labute approximate surface area is 300 Å². The molecule has 0 aliphatic rings. The van der Waals surface area contributed by atoms with E-state index in [1.54, 1.807) is 6.07 Å². The molecule has 238 valence electrons. The molecule has 0 fully saturated rings.